The molecule has 106 valence electrons. The molecule has 2 aromatic rings. The second kappa shape index (κ2) is 6.27. The number of aryl methyl sites for hydroxylation is 3. The van der Waals surface area contributed by atoms with Gasteiger partial charge in [0.2, 0.25) is 0 Å². The Bertz CT molecular complexity index is 599. The Balaban J connectivity index is 2.21. The summed E-state index contributed by atoms with van der Waals surface area (Å²) in [6.07, 6.45) is 0. The molecular formula is C17H18ClFO. The molecule has 0 fully saturated rings. The van der Waals surface area contributed by atoms with Crippen LogP contribution in [0.3, 0.4) is 0 Å². The van der Waals surface area contributed by atoms with E-state index in [1.165, 1.54) is 12.1 Å². The summed E-state index contributed by atoms with van der Waals surface area (Å²) in [6.45, 7) is 6.31. The van der Waals surface area contributed by atoms with Crippen LogP contribution in [0.1, 0.15) is 27.8 Å². The fraction of sp³-hybridized carbons (Fsp3) is 0.294. The minimum atomic E-state index is -0.236. The fourth-order valence-electron chi connectivity index (χ4n) is 2.29. The molecule has 0 heterocycles. The van der Waals surface area contributed by atoms with Gasteiger partial charge in [-0.05, 0) is 60.7 Å². The van der Waals surface area contributed by atoms with E-state index in [1.807, 2.05) is 32.9 Å². The lowest BCUT2D eigenvalue weighted by Gasteiger charge is -2.14. The van der Waals surface area contributed by atoms with Crippen LogP contribution in [-0.2, 0) is 12.5 Å². The molecule has 0 saturated heterocycles. The molecule has 0 bridgehead atoms. The number of ether oxygens (including phenoxy) is 1. The molecule has 20 heavy (non-hydrogen) atoms. The maximum atomic E-state index is 13.3. The van der Waals surface area contributed by atoms with Crippen molar-refractivity contribution in [1.29, 1.82) is 0 Å². The summed E-state index contributed by atoms with van der Waals surface area (Å²) in [5.74, 6) is 1.10. The standard InChI is InChI=1S/C17H18ClFO/c1-11-4-5-16(19)8-15(11)10-20-17-12(2)6-14(9-18)7-13(17)3/h4-8H,9-10H2,1-3H3. The van der Waals surface area contributed by atoms with Crippen molar-refractivity contribution >= 4 is 11.6 Å². The molecular weight excluding hydrogens is 275 g/mol. The zero-order valence-corrected chi connectivity index (χ0v) is 12.7. The van der Waals surface area contributed by atoms with Gasteiger partial charge in [-0.2, -0.15) is 0 Å². The number of halogens is 2. The number of benzene rings is 2. The molecule has 0 aromatic heterocycles. The van der Waals surface area contributed by atoms with Crippen LogP contribution in [0.2, 0.25) is 0 Å². The summed E-state index contributed by atoms with van der Waals surface area (Å²) >= 11 is 5.85. The first-order valence-corrected chi connectivity index (χ1v) is 7.08. The second-order valence-corrected chi connectivity index (χ2v) is 5.32. The smallest absolute Gasteiger partial charge is 0.125 e. The number of alkyl halides is 1. The van der Waals surface area contributed by atoms with E-state index in [2.05, 4.69) is 0 Å². The summed E-state index contributed by atoms with van der Waals surface area (Å²) in [7, 11) is 0. The van der Waals surface area contributed by atoms with E-state index in [1.54, 1.807) is 6.07 Å². The molecule has 0 aliphatic heterocycles. The molecule has 0 amide bonds. The maximum Gasteiger partial charge on any atom is 0.125 e. The highest BCUT2D eigenvalue weighted by Gasteiger charge is 2.08. The van der Waals surface area contributed by atoms with Crippen molar-refractivity contribution < 1.29 is 9.13 Å². The van der Waals surface area contributed by atoms with Gasteiger partial charge in [0, 0.05) is 5.88 Å². The topological polar surface area (TPSA) is 9.23 Å². The van der Waals surface area contributed by atoms with Gasteiger partial charge in [-0.3, -0.25) is 0 Å². The Kier molecular flexibility index (Phi) is 4.66. The molecule has 0 atom stereocenters. The van der Waals surface area contributed by atoms with E-state index < -0.39 is 0 Å². The highest BCUT2D eigenvalue weighted by molar-refractivity contribution is 6.17. The first-order chi connectivity index (χ1) is 9.51. The molecule has 0 saturated carbocycles. The van der Waals surface area contributed by atoms with E-state index in [-0.39, 0.29) is 5.82 Å². The highest BCUT2D eigenvalue weighted by Crippen LogP contribution is 2.27. The van der Waals surface area contributed by atoms with Gasteiger partial charge in [0.1, 0.15) is 18.2 Å². The van der Waals surface area contributed by atoms with Gasteiger partial charge in [0.15, 0.2) is 0 Å². The number of rotatable bonds is 4. The van der Waals surface area contributed by atoms with Gasteiger partial charge in [0.25, 0.3) is 0 Å². The third-order valence-electron chi connectivity index (χ3n) is 3.36. The van der Waals surface area contributed by atoms with Crippen molar-refractivity contribution in [3.05, 3.63) is 64.0 Å². The van der Waals surface area contributed by atoms with Crippen LogP contribution in [0, 0.1) is 26.6 Å². The average Bonchev–Trinajstić information content (AvgIpc) is 2.41. The lowest BCUT2D eigenvalue weighted by molar-refractivity contribution is 0.300. The molecule has 2 rings (SSSR count). The summed E-state index contributed by atoms with van der Waals surface area (Å²) in [5.41, 5.74) is 5.07. The highest BCUT2D eigenvalue weighted by atomic mass is 35.5. The molecule has 0 N–H and O–H groups in total. The van der Waals surface area contributed by atoms with Crippen molar-refractivity contribution in [3.8, 4) is 5.75 Å². The zero-order valence-electron chi connectivity index (χ0n) is 12.0. The normalized spacial score (nSPS) is 10.7. The quantitative estimate of drug-likeness (QED) is 0.715. The molecule has 2 aromatic carbocycles. The van der Waals surface area contributed by atoms with Gasteiger partial charge in [0.05, 0.1) is 0 Å². The average molecular weight is 293 g/mol. The lowest BCUT2D eigenvalue weighted by atomic mass is 10.1. The molecule has 0 unspecified atom stereocenters. The predicted molar refractivity (Wildman–Crippen MR) is 80.9 cm³/mol. The van der Waals surface area contributed by atoms with Gasteiger partial charge in [-0.1, -0.05) is 18.2 Å². The molecule has 0 aliphatic rings. The zero-order chi connectivity index (χ0) is 14.7. The summed E-state index contributed by atoms with van der Waals surface area (Å²) < 4.78 is 19.1. The minimum absolute atomic E-state index is 0.236. The van der Waals surface area contributed by atoms with Crippen LogP contribution in [0.15, 0.2) is 30.3 Å². The van der Waals surface area contributed by atoms with Crippen molar-refractivity contribution in [1.82, 2.24) is 0 Å². The SMILES string of the molecule is Cc1ccc(F)cc1COc1c(C)cc(CCl)cc1C. The van der Waals surface area contributed by atoms with Gasteiger partial charge in [-0.25, -0.2) is 4.39 Å². The van der Waals surface area contributed by atoms with Crippen LogP contribution < -0.4 is 4.74 Å². The Morgan fingerprint density at radius 2 is 1.65 bits per heavy atom. The first-order valence-electron chi connectivity index (χ1n) is 6.55. The molecule has 1 nitrogen and oxygen atoms in total. The Hall–Kier alpha value is -1.54. The Morgan fingerprint density at radius 3 is 2.25 bits per heavy atom. The Morgan fingerprint density at radius 1 is 1.00 bits per heavy atom. The van der Waals surface area contributed by atoms with Gasteiger partial charge >= 0.3 is 0 Å². The lowest BCUT2D eigenvalue weighted by Crippen LogP contribution is -2.02. The third kappa shape index (κ3) is 3.31. The third-order valence-corrected chi connectivity index (χ3v) is 3.67. The van der Waals surface area contributed by atoms with Gasteiger partial charge < -0.3 is 4.74 Å². The molecule has 0 radical (unpaired) electrons. The van der Waals surface area contributed by atoms with E-state index in [9.17, 15) is 4.39 Å². The molecule has 0 aliphatic carbocycles. The van der Waals surface area contributed by atoms with Crippen molar-refractivity contribution in [2.24, 2.45) is 0 Å². The first kappa shape index (κ1) is 14.9. The van der Waals surface area contributed by atoms with E-state index in [0.717, 1.165) is 33.6 Å². The van der Waals surface area contributed by atoms with Gasteiger partial charge in [-0.15, -0.1) is 11.6 Å². The fourth-order valence-corrected chi connectivity index (χ4v) is 2.44. The van der Waals surface area contributed by atoms with Crippen LogP contribution in [0.25, 0.3) is 0 Å². The van der Waals surface area contributed by atoms with Crippen molar-refractivity contribution in [2.45, 2.75) is 33.3 Å². The second-order valence-electron chi connectivity index (χ2n) is 5.05. The molecule has 0 spiro atoms. The largest absolute Gasteiger partial charge is 0.488 e. The summed E-state index contributed by atoms with van der Waals surface area (Å²) in [4.78, 5) is 0. The summed E-state index contributed by atoms with van der Waals surface area (Å²) in [5, 5.41) is 0. The van der Waals surface area contributed by atoms with Crippen LogP contribution in [0.4, 0.5) is 4.39 Å². The Labute approximate surface area is 124 Å². The number of hydrogen-bond acceptors (Lipinski definition) is 1. The minimum Gasteiger partial charge on any atom is -0.488 e. The van der Waals surface area contributed by atoms with Crippen molar-refractivity contribution in [2.75, 3.05) is 0 Å². The van der Waals surface area contributed by atoms with E-state index >= 15 is 0 Å². The monoisotopic (exact) mass is 292 g/mol. The van der Waals surface area contributed by atoms with Crippen LogP contribution in [-0.4, -0.2) is 0 Å². The van der Waals surface area contributed by atoms with E-state index in [0.29, 0.717) is 12.5 Å². The van der Waals surface area contributed by atoms with Crippen molar-refractivity contribution in [3.63, 3.8) is 0 Å². The van der Waals surface area contributed by atoms with Crippen LogP contribution >= 0.6 is 11.6 Å². The molecule has 3 heteroatoms. The predicted octanol–water partition coefficient (Wildman–Crippen LogP) is 5.07. The summed E-state index contributed by atoms with van der Waals surface area (Å²) in [6, 6.07) is 8.80. The van der Waals surface area contributed by atoms with E-state index in [4.69, 9.17) is 16.3 Å². The number of hydrogen-bond donors (Lipinski definition) is 0. The van der Waals surface area contributed by atoms with Crippen LogP contribution in [0.5, 0.6) is 5.75 Å². The maximum absolute atomic E-state index is 13.3.